The van der Waals surface area contributed by atoms with Gasteiger partial charge in [0.25, 0.3) is 5.91 Å². The lowest BCUT2D eigenvalue weighted by Gasteiger charge is -2.20. The molecule has 0 N–H and O–H groups in total. The number of carbonyl (C=O) groups excluding carboxylic acids is 1. The minimum atomic E-state index is -0.610. The molecule has 0 bridgehead atoms. The zero-order valence-electron chi connectivity index (χ0n) is 11.9. The fraction of sp³-hybridized carbons (Fsp3) is 0.467. The molecule has 0 saturated carbocycles. The van der Waals surface area contributed by atoms with Gasteiger partial charge in [-0.3, -0.25) is 4.79 Å². The van der Waals surface area contributed by atoms with E-state index in [0.717, 1.165) is 0 Å². The Morgan fingerprint density at radius 2 is 2.14 bits per heavy atom. The van der Waals surface area contributed by atoms with Gasteiger partial charge in [-0.2, -0.15) is 5.26 Å². The highest BCUT2D eigenvalue weighted by molar-refractivity contribution is 6.44. The Kier molecular flexibility index (Phi) is 5.10. The normalized spacial score (nSPS) is 17.2. The van der Waals surface area contributed by atoms with E-state index in [9.17, 15) is 10.1 Å². The molecule has 6 heteroatoms. The van der Waals surface area contributed by atoms with Gasteiger partial charge in [0.05, 0.1) is 27.8 Å². The summed E-state index contributed by atoms with van der Waals surface area (Å²) < 4.78 is 5.46. The third-order valence-corrected chi connectivity index (χ3v) is 4.13. The van der Waals surface area contributed by atoms with Crippen LogP contribution in [0.3, 0.4) is 0 Å². The molecule has 1 aromatic carbocycles. The molecular weight excluding hydrogens is 311 g/mol. The number of amides is 1. The van der Waals surface area contributed by atoms with Crippen molar-refractivity contribution in [3.8, 4) is 6.07 Å². The van der Waals surface area contributed by atoms with E-state index in [2.05, 4.69) is 6.07 Å². The van der Waals surface area contributed by atoms with Crippen molar-refractivity contribution < 1.29 is 9.53 Å². The van der Waals surface area contributed by atoms with Gasteiger partial charge < -0.3 is 9.64 Å². The summed E-state index contributed by atoms with van der Waals surface area (Å²) >= 11 is 12.1. The highest BCUT2D eigenvalue weighted by Crippen LogP contribution is 2.40. The van der Waals surface area contributed by atoms with Crippen molar-refractivity contribution in [1.29, 1.82) is 5.26 Å². The Bertz CT molecular complexity index is 596. The third kappa shape index (κ3) is 3.16. The fourth-order valence-electron chi connectivity index (χ4n) is 2.36. The summed E-state index contributed by atoms with van der Waals surface area (Å²) in [6.07, 6.45) is 0.818. The van der Waals surface area contributed by atoms with Crippen molar-refractivity contribution in [2.75, 3.05) is 13.2 Å². The topological polar surface area (TPSA) is 53.3 Å². The van der Waals surface area contributed by atoms with Crippen LogP contribution in [0.4, 0.5) is 0 Å². The van der Waals surface area contributed by atoms with E-state index >= 15 is 0 Å². The number of benzene rings is 1. The molecule has 0 saturated heterocycles. The Balaban J connectivity index is 2.17. The molecule has 0 fully saturated rings. The largest absolute Gasteiger partial charge is 0.379 e. The minimum Gasteiger partial charge on any atom is -0.379 e. The number of ether oxygens (including phenoxy) is 1. The van der Waals surface area contributed by atoms with Crippen molar-refractivity contribution in [2.45, 2.75) is 32.4 Å². The Labute approximate surface area is 134 Å². The molecule has 4 nitrogen and oxygen atoms in total. The second-order valence-corrected chi connectivity index (χ2v) is 5.91. The van der Waals surface area contributed by atoms with Crippen molar-refractivity contribution >= 4 is 29.1 Å². The van der Waals surface area contributed by atoms with Gasteiger partial charge in [0.15, 0.2) is 0 Å². The molecule has 1 aromatic rings. The molecule has 1 aliphatic heterocycles. The molecule has 0 spiro atoms. The molecule has 112 valence electrons. The molecule has 0 aliphatic carbocycles. The second kappa shape index (κ2) is 6.65. The van der Waals surface area contributed by atoms with E-state index in [-0.39, 0.29) is 17.0 Å². The monoisotopic (exact) mass is 326 g/mol. The maximum absolute atomic E-state index is 12.5. The van der Waals surface area contributed by atoms with Gasteiger partial charge in [-0.25, -0.2) is 0 Å². The van der Waals surface area contributed by atoms with Crippen molar-refractivity contribution in [1.82, 2.24) is 4.90 Å². The van der Waals surface area contributed by atoms with Crippen LogP contribution in [0.25, 0.3) is 0 Å². The van der Waals surface area contributed by atoms with E-state index in [4.69, 9.17) is 27.9 Å². The summed E-state index contributed by atoms with van der Waals surface area (Å²) in [6.45, 7) is 4.91. The van der Waals surface area contributed by atoms with E-state index in [1.165, 1.54) is 4.90 Å². The average molecular weight is 327 g/mol. The maximum Gasteiger partial charge on any atom is 0.257 e. The van der Waals surface area contributed by atoms with Crippen molar-refractivity contribution in [2.24, 2.45) is 0 Å². The van der Waals surface area contributed by atoms with Gasteiger partial charge in [0.1, 0.15) is 6.04 Å². The van der Waals surface area contributed by atoms with Crippen LogP contribution in [-0.4, -0.2) is 30.1 Å². The lowest BCUT2D eigenvalue weighted by Crippen LogP contribution is -2.29. The summed E-state index contributed by atoms with van der Waals surface area (Å²) in [7, 11) is 0. The number of nitrogens with zero attached hydrogens (tertiary/aromatic N) is 2. The van der Waals surface area contributed by atoms with Crippen LogP contribution in [0, 0.1) is 11.3 Å². The Morgan fingerprint density at radius 1 is 1.43 bits per heavy atom. The number of hydrogen-bond acceptors (Lipinski definition) is 3. The maximum atomic E-state index is 12.5. The van der Waals surface area contributed by atoms with Gasteiger partial charge in [-0.15, -0.1) is 0 Å². The smallest absolute Gasteiger partial charge is 0.257 e. The number of rotatable bonds is 5. The Morgan fingerprint density at radius 3 is 2.76 bits per heavy atom. The van der Waals surface area contributed by atoms with Crippen molar-refractivity contribution in [3.63, 3.8) is 0 Å². The van der Waals surface area contributed by atoms with E-state index in [1.807, 2.05) is 13.8 Å². The number of fused-ring (bicyclic) bond motifs is 1. The summed E-state index contributed by atoms with van der Waals surface area (Å²) in [5.41, 5.74) is 0.974. The summed E-state index contributed by atoms with van der Waals surface area (Å²) in [5.74, 6) is -0.242. The first-order valence-electron chi connectivity index (χ1n) is 6.77. The highest BCUT2D eigenvalue weighted by Gasteiger charge is 2.38. The van der Waals surface area contributed by atoms with Crippen LogP contribution in [0.1, 0.15) is 42.2 Å². The SMILES string of the molecule is CC(C)OCCCN1C(=O)c2c(ccc(Cl)c2Cl)C1C#N. The van der Waals surface area contributed by atoms with Gasteiger partial charge in [-0.05, 0) is 26.3 Å². The molecular formula is C15H16Cl2N2O2. The van der Waals surface area contributed by atoms with E-state index < -0.39 is 6.04 Å². The summed E-state index contributed by atoms with van der Waals surface area (Å²) in [5, 5.41) is 9.90. The van der Waals surface area contributed by atoms with Crippen LogP contribution in [-0.2, 0) is 4.74 Å². The zero-order chi connectivity index (χ0) is 15.6. The second-order valence-electron chi connectivity index (χ2n) is 5.13. The van der Waals surface area contributed by atoms with Gasteiger partial charge in [0, 0.05) is 18.7 Å². The summed E-state index contributed by atoms with van der Waals surface area (Å²) in [6, 6.07) is 4.86. The lowest BCUT2D eigenvalue weighted by molar-refractivity contribution is 0.0611. The molecule has 1 amide bonds. The number of nitriles is 1. The van der Waals surface area contributed by atoms with E-state index in [0.29, 0.717) is 35.7 Å². The molecule has 1 unspecified atom stereocenters. The molecule has 21 heavy (non-hydrogen) atoms. The van der Waals surface area contributed by atoms with Crippen LogP contribution in [0.2, 0.25) is 10.0 Å². The molecule has 1 atom stereocenters. The highest BCUT2D eigenvalue weighted by atomic mass is 35.5. The number of hydrogen-bond donors (Lipinski definition) is 0. The van der Waals surface area contributed by atoms with Crippen LogP contribution in [0.5, 0.6) is 0 Å². The van der Waals surface area contributed by atoms with Gasteiger partial charge in [-0.1, -0.05) is 29.3 Å². The lowest BCUT2D eigenvalue weighted by atomic mass is 10.1. The standard InChI is InChI=1S/C15H16Cl2N2O2/c1-9(2)21-7-3-6-19-12(8-18)10-4-5-11(16)14(17)13(10)15(19)20/h4-5,9,12H,3,6-7H2,1-2H3. The van der Waals surface area contributed by atoms with Gasteiger partial charge in [0.2, 0.25) is 0 Å². The number of carbonyl (C=O) groups is 1. The first-order valence-corrected chi connectivity index (χ1v) is 7.53. The molecule has 0 radical (unpaired) electrons. The van der Waals surface area contributed by atoms with Crippen molar-refractivity contribution in [3.05, 3.63) is 33.3 Å². The first-order chi connectivity index (χ1) is 9.97. The quantitative estimate of drug-likeness (QED) is 0.772. The average Bonchev–Trinajstić information content (AvgIpc) is 2.71. The predicted octanol–water partition coefficient (Wildman–Crippen LogP) is 3.83. The number of halogens is 2. The molecule has 1 aliphatic rings. The molecule has 2 rings (SSSR count). The summed E-state index contributed by atoms with van der Waals surface area (Å²) in [4.78, 5) is 14.0. The van der Waals surface area contributed by atoms with Crippen LogP contribution >= 0.6 is 23.2 Å². The minimum absolute atomic E-state index is 0.150. The molecule has 0 aromatic heterocycles. The van der Waals surface area contributed by atoms with Crippen LogP contribution < -0.4 is 0 Å². The third-order valence-electron chi connectivity index (χ3n) is 3.32. The first kappa shape index (κ1) is 16.1. The van der Waals surface area contributed by atoms with Crippen LogP contribution in [0.15, 0.2) is 12.1 Å². The van der Waals surface area contributed by atoms with Gasteiger partial charge >= 0.3 is 0 Å². The van der Waals surface area contributed by atoms with E-state index in [1.54, 1.807) is 12.1 Å². The predicted molar refractivity (Wildman–Crippen MR) is 81.6 cm³/mol. The molecule has 1 heterocycles. The zero-order valence-corrected chi connectivity index (χ0v) is 13.4. The fourth-order valence-corrected chi connectivity index (χ4v) is 2.77. The Hall–Kier alpha value is -1.28.